The van der Waals surface area contributed by atoms with Crippen LogP contribution in [0.4, 0.5) is 5.69 Å². The van der Waals surface area contributed by atoms with Gasteiger partial charge in [-0.15, -0.1) is 0 Å². The van der Waals surface area contributed by atoms with Crippen molar-refractivity contribution in [1.29, 1.82) is 0 Å². The first kappa shape index (κ1) is 22.6. The average Bonchev–Trinajstić information content (AvgIpc) is 3.32. The summed E-state index contributed by atoms with van der Waals surface area (Å²) in [4.78, 5) is 9.82. The molecule has 1 aromatic heterocycles. The van der Waals surface area contributed by atoms with Crippen LogP contribution in [-0.2, 0) is 13.0 Å². The van der Waals surface area contributed by atoms with E-state index in [2.05, 4.69) is 55.7 Å². The van der Waals surface area contributed by atoms with Crippen LogP contribution in [0.2, 0.25) is 5.02 Å². The van der Waals surface area contributed by atoms with Crippen molar-refractivity contribution in [2.24, 2.45) is 0 Å². The monoisotopic (exact) mass is 468 g/mol. The lowest BCUT2D eigenvalue weighted by atomic mass is 10.1. The number of piperazine rings is 1. The number of nitrogens with zero attached hydrogens (tertiary/aromatic N) is 4. The maximum absolute atomic E-state index is 6.41. The molecule has 1 atom stereocenters. The van der Waals surface area contributed by atoms with Gasteiger partial charge in [-0.2, -0.15) is 0 Å². The number of hydrogen-bond acceptors (Lipinski definition) is 4. The summed E-state index contributed by atoms with van der Waals surface area (Å²) in [6, 6.07) is 16.5. The summed E-state index contributed by atoms with van der Waals surface area (Å²) in [5, 5.41) is 0.763. The van der Waals surface area contributed by atoms with Crippen LogP contribution in [0.25, 0.3) is 0 Å². The van der Waals surface area contributed by atoms with Gasteiger partial charge >= 0.3 is 0 Å². The topological polar surface area (TPSA) is 33.5 Å². The summed E-state index contributed by atoms with van der Waals surface area (Å²) in [5.41, 5.74) is 2.49. The van der Waals surface area contributed by atoms with Gasteiger partial charge in [0, 0.05) is 49.3 Å². The molecular weight excluding hydrogens is 440 g/mol. The molecule has 3 aromatic rings. The summed E-state index contributed by atoms with van der Waals surface area (Å²) in [6.45, 7) is 6.69. The predicted octanol–water partition coefficient (Wildman–Crippen LogP) is 5.09. The first-order valence-electron chi connectivity index (χ1n) is 11.0. The van der Waals surface area contributed by atoms with E-state index in [4.69, 9.17) is 28.6 Å². The summed E-state index contributed by atoms with van der Waals surface area (Å²) < 4.78 is 8.47. The highest BCUT2D eigenvalue weighted by Gasteiger charge is 2.18. The Morgan fingerprint density at radius 1 is 1.06 bits per heavy atom. The molecule has 0 N–H and O–H groups in total. The number of imidazole rings is 1. The average molecular weight is 469 g/mol. The Hall–Kier alpha value is -2.57. The minimum Gasteiger partial charge on any atom is -0.489 e. The fraction of sp³-hybridized carbons (Fsp3) is 0.360. The second-order valence-corrected chi connectivity index (χ2v) is 9.18. The van der Waals surface area contributed by atoms with E-state index in [1.807, 2.05) is 31.6 Å². The predicted molar refractivity (Wildman–Crippen MR) is 135 cm³/mol. The third-order valence-electron chi connectivity index (χ3n) is 5.87. The van der Waals surface area contributed by atoms with Crippen LogP contribution in [0.1, 0.15) is 18.9 Å². The van der Waals surface area contributed by atoms with Crippen molar-refractivity contribution in [2.45, 2.75) is 32.4 Å². The highest BCUT2D eigenvalue weighted by molar-refractivity contribution is 7.80. The molecule has 0 bridgehead atoms. The molecule has 32 heavy (non-hydrogen) atoms. The quantitative estimate of drug-likeness (QED) is 0.430. The zero-order valence-corrected chi connectivity index (χ0v) is 19.9. The third kappa shape index (κ3) is 6.24. The van der Waals surface area contributed by atoms with Crippen LogP contribution in [0.5, 0.6) is 5.75 Å². The van der Waals surface area contributed by atoms with E-state index in [1.54, 1.807) is 6.20 Å². The Morgan fingerprint density at radius 3 is 2.41 bits per heavy atom. The molecule has 168 valence electrons. The number of rotatable bonds is 8. The van der Waals surface area contributed by atoms with Gasteiger partial charge in [0.25, 0.3) is 0 Å². The van der Waals surface area contributed by atoms with Crippen LogP contribution in [0, 0.1) is 0 Å². The second kappa shape index (κ2) is 10.8. The molecular formula is C25H29ClN4OS. The van der Waals surface area contributed by atoms with Gasteiger partial charge in [-0.3, -0.25) is 0 Å². The maximum atomic E-state index is 6.41. The highest BCUT2D eigenvalue weighted by atomic mass is 35.5. The zero-order valence-electron chi connectivity index (χ0n) is 18.4. The number of aryl methyl sites for hydroxylation is 1. The molecule has 0 amide bonds. The minimum absolute atomic E-state index is 0.0415. The molecule has 1 fully saturated rings. The molecule has 4 rings (SSSR count). The number of hydrogen-bond donors (Lipinski definition) is 0. The van der Waals surface area contributed by atoms with Crippen molar-refractivity contribution in [3.05, 3.63) is 77.8 Å². The van der Waals surface area contributed by atoms with Crippen molar-refractivity contribution in [2.75, 3.05) is 31.1 Å². The minimum atomic E-state index is 0.0415. The van der Waals surface area contributed by atoms with Crippen LogP contribution < -0.4 is 9.64 Å². The molecule has 1 aliphatic heterocycles. The Morgan fingerprint density at radius 2 is 1.78 bits per heavy atom. The van der Waals surface area contributed by atoms with Gasteiger partial charge in [-0.05, 0) is 61.7 Å². The van der Waals surface area contributed by atoms with Crippen LogP contribution in [-0.4, -0.2) is 51.7 Å². The Kier molecular flexibility index (Phi) is 7.66. The summed E-state index contributed by atoms with van der Waals surface area (Å²) in [7, 11) is 0. The summed E-state index contributed by atoms with van der Waals surface area (Å²) in [6.07, 6.45) is 7.49. The largest absolute Gasteiger partial charge is 0.489 e. The Bertz CT molecular complexity index is 984. The molecule has 1 aliphatic rings. The van der Waals surface area contributed by atoms with Crippen molar-refractivity contribution >= 4 is 34.5 Å². The third-order valence-corrected chi connectivity index (χ3v) is 6.38. The van der Waals surface area contributed by atoms with E-state index in [9.17, 15) is 0 Å². The van der Waals surface area contributed by atoms with Gasteiger partial charge in [0.15, 0.2) is 0 Å². The normalized spacial score (nSPS) is 14.9. The van der Waals surface area contributed by atoms with Crippen molar-refractivity contribution < 1.29 is 4.74 Å². The lowest BCUT2D eigenvalue weighted by Crippen LogP contribution is -2.47. The first-order chi connectivity index (χ1) is 15.6. The van der Waals surface area contributed by atoms with E-state index in [0.29, 0.717) is 0 Å². The molecule has 5 nitrogen and oxygen atoms in total. The summed E-state index contributed by atoms with van der Waals surface area (Å²) in [5.74, 6) is 0.892. The second-order valence-electron chi connectivity index (χ2n) is 8.15. The van der Waals surface area contributed by atoms with E-state index >= 15 is 0 Å². The van der Waals surface area contributed by atoms with E-state index in [-0.39, 0.29) is 6.10 Å². The number of ether oxygens (including phenoxy) is 1. The molecule has 2 heterocycles. The Labute approximate surface area is 200 Å². The lowest BCUT2D eigenvalue weighted by molar-refractivity contribution is 0.170. The van der Waals surface area contributed by atoms with Crippen LogP contribution >= 0.6 is 23.8 Å². The fourth-order valence-corrected chi connectivity index (χ4v) is 4.31. The van der Waals surface area contributed by atoms with Crippen LogP contribution in [0.3, 0.4) is 0 Å². The van der Waals surface area contributed by atoms with Crippen LogP contribution in [0.15, 0.2) is 67.3 Å². The highest BCUT2D eigenvalue weighted by Crippen LogP contribution is 2.23. The summed E-state index contributed by atoms with van der Waals surface area (Å²) >= 11 is 11.3. The van der Waals surface area contributed by atoms with Gasteiger partial charge in [0.1, 0.15) is 11.9 Å². The van der Waals surface area contributed by atoms with E-state index in [1.165, 1.54) is 11.3 Å². The van der Waals surface area contributed by atoms with Gasteiger partial charge in [-0.25, -0.2) is 4.98 Å². The maximum Gasteiger partial charge on any atom is 0.119 e. The molecule has 2 aromatic carbocycles. The van der Waals surface area contributed by atoms with Crippen molar-refractivity contribution in [3.63, 3.8) is 0 Å². The van der Waals surface area contributed by atoms with Crippen molar-refractivity contribution in [3.8, 4) is 5.75 Å². The number of halogens is 1. The molecule has 0 saturated carbocycles. The smallest absolute Gasteiger partial charge is 0.119 e. The van der Waals surface area contributed by atoms with E-state index in [0.717, 1.165) is 61.3 Å². The number of thiocarbonyl (C=S) groups is 1. The molecule has 0 spiro atoms. The lowest BCUT2D eigenvalue weighted by Gasteiger charge is -2.36. The van der Waals surface area contributed by atoms with E-state index < -0.39 is 0 Å². The van der Waals surface area contributed by atoms with Gasteiger partial charge in [-0.1, -0.05) is 36.0 Å². The molecule has 1 saturated heterocycles. The number of anilines is 1. The first-order valence-corrected chi connectivity index (χ1v) is 11.8. The molecule has 7 heteroatoms. The van der Waals surface area contributed by atoms with Gasteiger partial charge < -0.3 is 19.1 Å². The fourth-order valence-electron chi connectivity index (χ4n) is 4.00. The van der Waals surface area contributed by atoms with Gasteiger partial charge in [0.2, 0.25) is 0 Å². The van der Waals surface area contributed by atoms with Gasteiger partial charge in [0.05, 0.1) is 17.9 Å². The number of aromatic nitrogens is 2. The van der Waals surface area contributed by atoms with Crippen molar-refractivity contribution in [1.82, 2.24) is 14.5 Å². The zero-order chi connectivity index (χ0) is 22.3. The number of benzene rings is 2. The molecule has 1 unspecified atom stereocenters. The SMILES string of the molecule is CC(=S)N1CCN(c2ccc(OC(CCc3ccc(Cl)cc3)Cn3ccnc3)cc2)CC1. The molecule has 0 radical (unpaired) electrons. The Balaban J connectivity index is 1.37. The molecule has 0 aliphatic carbocycles. The standard InChI is InChI=1S/C25H29ClN4OS/c1-20(32)29-14-16-30(17-15-29)23-7-10-24(11-8-23)31-25(18-28-13-12-27-19-28)9-4-21-2-5-22(26)6-3-21/h2-3,5-8,10-13,19,25H,4,9,14-18H2,1H3.